The fraction of sp³-hybridized carbons (Fsp3) is 0.654. The van der Waals surface area contributed by atoms with E-state index < -0.39 is 35.6 Å². The van der Waals surface area contributed by atoms with Gasteiger partial charge in [-0.05, 0) is 50.7 Å². The zero-order valence-electron chi connectivity index (χ0n) is 20.7. The predicted octanol–water partition coefficient (Wildman–Crippen LogP) is 4.88. The van der Waals surface area contributed by atoms with Crippen molar-refractivity contribution in [1.82, 2.24) is 4.98 Å². The topological polar surface area (TPSA) is 96.7 Å². The third-order valence-electron chi connectivity index (χ3n) is 6.68. The third-order valence-corrected chi connectivity index (χ3v) is 7.47. The summed E-state index contributed by atoms with van der Waals surface area (Å²) in [6.45, 7) is 10.8. The Morgan fingerprint density at radius 2 is 1.94 bits per heavy atom. The largest absolute Gasteiger partial charge is 0.457 e. The number of aliphatic hydroxyl groups excluding tert-OH is 2. The fourth-order valence-corrected chi connectivity index (χ4v) is 4.75. The Hall–Kier alpha value is -1.83. The molecule has 5 atom stereocenters. The Morgan fingerprint density at radius 1 is 1.24 bits per heavy atom. The molecule has 0 radical (unpaired) electrons. The number of aromatic nitrogens is 1. The first-order chi connectivity index (χ1) is 15.4. The van der Waals surface area contributed by atoms with Gasteiger partial charge in [0.05, 0.1) is 34.7 Å². The van der Waals surface area contributed by atoms with Gasteiger partial charge in [0.25, 0.3) is 0 Å². The molecule has 2 heterocycles. The van der Waals surface area contributed by atoms with Gasteiger partial charge in [0.1, 0.15) is 11.9 Å². The summed E-state index contributed by atoms with van der Waals surface area (Å²) < 4.78 is 5.75. The Kier molecular flexibility index (Phi) is 10.0. The van der Waals surface area contributed by atoms with Gasteiger partial charge in [-0.15, -0.1) is 11.3 Å². The molecule has 0 saturated carbocycles. The van der Waals surface area contributed by atoms with Gasteiger partial charge in [0.15, 0.2) is 0 Å². The predicted molar refractivity (Wildman–Crippen MR) is 132 cm³/mol. The van der Waals surface area contributed by atoms with E-state index in [1.165, 1.54) is 0 Å². The smallest absolute Gasteiger partial charge is 0.309 e. The second-order valence-corrected chi connectivity index (χ2v) is 10.9. The number of carbonyl (C=O) groups is 2. The number of ketones is 1. The molecule has 0 aliphatic carbocycles. The molecule has 0 unspecified atom stereocenters. The number of hydrogen-bond acceptors (Lipinski definition) is 7. The van der Waals surface area contributed by atoms with Crippen molar-refractivity contribution in [1.29, 1.82) is 0 Å². The van der Waals surface area contributed by atoms with Crippen LogP contribution in [0, 0.1) is 24.2 Å². The molecule has 6 nitrogen and oxygen atoms in total. The molecule has 2 N–H and O–H groups in total. The molecule has 0 spiro atoms. The Bertz CT molecular complexity index is 872. The van der Waals surface area contributed by atoms with E-state index in [2.05, 4.69) is 11.1 Å². The number of carbonyl (C=O) groups excluding carboxylic acids is 2. The third kappa shape index (κ3) is 7.59. The van der Waals surface area contributed by atoms with Crippen LogP contribution in [0.5, 0.6) is 0 Å². The molecule has 33 heavy (non-hydrogen) atoms. The van der Waals surface area contributed by atoms with E-state index >= 15 is 0 Å². The second-order valence-electron chi connectivity index (χ2n) is 9.86. The number of thiazole rings is 1. The first-order valence-corrected chi connectivity index (χ1v) is 12.7. The lowest BCUT2D eigenvalue weighted by atomic mass is 9.73. The highest BCUT2D eigenvalue weighted by molar-refractivity contribution is 7.09. The molecule has 184 valence electrons. The molecule has 0 saturated heterocycles. The summed E-state index contributed by atoms with van der Waals surface area (Å²) in [6, 6.07) is 0. The standard InChI is InChI=1S/C26H39NO5S/c1-16-11-9-7-8-10-12-21(17(2)13-20-15-33-19(4)27-20)32-23(29)14-22(28)26(5,6)25(31)18(3)24(16)30/h8,10,13,15-16,18,21-22,24,28,30H,7,9,11-12,14H2,1-6H3/b10-8-,17-13+/t16-,18+,21+,22+,24-/m1/s1. The average molecular weight is 478 g/mol. The number of Topliss-reactive ketones (excluding diaryl/α,β-unsaturated/α-hetero) is 1. The van der Waals surface area contributed by atoms with Crippen molar-refractivity contribution < 1.29 is 24.5 Å². The minimum absolute atomic E-state index is 0.0392. The number of aliphatic hydroxyl groups is 2. The van der Waals surface area contributed by atoms with Crippen LogP contribution in [0.25, 0.3) is 6.08 Å². The molecule has 0 aromatic carbocycles. The molecule has 1 aliphatic rings. The summed E-state index contributed by atoms with van der Waals surface area (Å²) in [5.74, 6) is -1.48. The SMILES string of the molecule is C/C(=C\c1csc(C)n1)[C@@H]1C/C=C\CCC[C@@H](C)[C@@H](O)[C@H](C)C(=O)C(C)(C)[C@@H](O)CC(=O)O1. The Labute approximate surface area is 201 Å². The number of nitrogens with zero attached hydrogens (tertiary/aromatic N) is 1. The molecule has 2 rings (SSSR count). The summed E-state index contributed by atoms with van der Waals surface area (Å²) in [4.78, 5) is 30.3. The number of ether oxygens (including phenoxy) is 1. The maximum Gasteiger partial charge on any atom is 0.309 e. The lowest BCUT2D eigenvalue weighted by molar-refractivity contribution is -0.154. The normalized spacial score (nSPS) is 31.8. The van der Waals surface area contributed by atoms with Crippen LogP contribution in [-0.2, 0) is 14.3 Å². The van der Waals surface area contributed by atoms with Crippen molar-refractivity contribution >= 4 is 29.2 Å². The summed E-state index contributed by atoms with van der Waals surface area (Å²) in [6.07, 6.45) is 6.28. The van der Waals surface area contributed by atoms with Crippen LogP contribution in [-0.4, -0.2) is 45.3 Å². The molecule has 0 amide bonds. The first-order valence-electron chi connectivity index (χ1n) is 11.8. The van der Waals surface area contributed by atoms with Gasteiger partial charge in [-0.3, -0.25) is 9.59 Å². The van der Waals surface area contributed by atoms with Crippen molar-refractivity contribution in [3.8, 4) is 0 Å². The van der Waals surface area contributed by atoms with Gasteiger partial charge >= 0.3 is 5.97 Å². The number of allylic oxidation sites excluding steroid dienone is 1. The zero-order chi connectivity index (χ0) is 24.8. The molecule has 0 fully saturated rings. The van der Waals surface area contributed by atoms with Gasteiger partial charge in [-0.2, -0.15) is 0 Å². The van der Waals surface area contributed by atoms with E-state index in [1.54, 1.807) is 32.1 Å². The Balaban J connectivity index is 2.27. The van der Waals surface area contributed by atoms with Crippen molar-refractivity contribution in [2.45, 2.75) is 92.0 Å². The molecule has 7 heteroatoms. The first kappa shape index (κ1) is 27.4. The number of esters is 1. The summed E-state index contributed by atoms with van der Waals surface area (Å²) in [7, 11) is 0. The number of aryl methyl sites for hydroxylation is 1. The quantitative estimate of drug-likeness (QED) is 0.466. The van der Waals surface area contributed by atoms with E-state index in [9.17, 15) is 19.8 Å². The van der Waals surface area contributed by atoms with Crippen LogP contribution in [0.3, 0.4) is 0 Å². The number of rotatable bonds is 2. The Morgan fingerprint density at radius 3 is 2.58 bits per heavy atom. The van der Waals surface area contributed by atoms with E-state index in [0.717, 1.165) is 35.5 Å². The van der Waals surface area contributed by atoms with Gasteiger partial charge in [-0.1, -0.05) is 39.8 Å². The fourth-order valence-electron chi connectivity index (χ4n) is 4.18. The van der Waals surface area contributed by atoms with E-state index in [-0.39, 0.29) is 18.1 Å². The molecular formula is C26H39NO5S. The lowest BCUT2D eigenvalue weighted by Crippen LogP contribution is -2.45. The average Bonchev–Trinajstić information content (AvgIpc) is 3.16. The number of hydrogen-bond donors (Lipinski definition) is 2. The molecule has 1 aliphatic heterocycles. The van der Waals surface area contributed by atoms with Gasteiger partial charge in [0.2, 0.25) is 0 Å². The van der Waals surface area contributed by atoms with Crippen LogP contribution in [0.1, 0.15) is 77.4 Å². The summed E-state index contributed by atoms with van der Waals surface area (Å²) in [5, 5.41) is 24.4. The summed E-state index contributed by atoms with van der Waals surface area (Å²) in [5.41, 5.74) is 0.513. The second kappa shape index (κ2) is 12.0. The van der Waals surface area contributed by atoms with Crippen LogP contribution < -0.4 is 0 Å². The number of cyclic esters (lactones) is 1. The molecule has 0 bridgehead atoms. The zero-order valence-corrected chi connectivity index (χ0v) is 21.5. The van der Waals surface area contributed by atoms with Gasteiger partial charge in [-0.25, -0.2) is 4.98 Å². The van der Waals surface area contributed by atoms with Crippen molar-refractivity contribution in [2.24, 2.45) is 17.3 Å². The molecular weight excluding hydrogens is 438 g/mol. The van der Waals surface area contributed by atoms with Crippen molar-refractivity contribution in [3.63, 3.8) is 0 Å². The summed E-state index contributed by atoms with van der Waals surface area (Å²) >= 11 is 1.56. The lowest BCUT2D eigenvalue weighted by Gasteiger charge is -2.34. The van der Waals surface area contributed by atoms with E-state index in [1.807, 2.05) is 38.3 Å². The van der Waals surface area contributed by atoms with Crippen molar-refractivity contribution in [2.75, 3.05) is 0 Å². The van der Waals surface area contributed by atoms with Crippen LogP contribution in [0.2, 0.25) is 0 Å². The van der Waals surface area contributed by atoms with E-state index in [4.69, 9.17) is 4.74 Å². The van der Waals surface area contributed by atoms with Crippen LogP contribution in [0.4, 0.5) is 0 Å². The van der Waals surface area contributed by atoms with Crippen LogP contribution >= 0.6 is 11.3 Å². The molecule has 1 aromatic rings. The minimum atomic E-state index is -1.21. The van der Waals surface area contributed by atoms with Gasteiger partial charge < -0.3 is 14.9 Å². The maximum atomic E-state index is 13.1. The molecule has 1 aromatic heterocycles. The van der Waals surface area contributed by atoms with Crippen LogP contribution in [0.15, 0.2) is 23.1 Å². The highest BCUT2D eigenvalue weighted by Crippen LogP contribution is 2.32. The maximum absolute atomic E-state index is 13.1. The van der Waals surface area contributed by atoms with Gasteiger partial charge in [0, 0.05) is 17.7 Å². The highest BCUT2D eigenvalue weighted by atomic mass is 32.1. The van der Waals surface area contributed by atoms with Crippen molar-refractivity contribution in [3.05, 3.63) is 33.8 Å². The minimum Gasteiger partial charge on any atom is -0.457 e. The highest BCUT2D eigenvalue weighted by Gasteiger charge is 2.42. The van der Waals surface area contributed by atoms with E-state index in [0.29, 0.717) is 6.42 Å². The monoisotopic (exact) mass is 477 g/mol.